The zero-order valence-electron chi connectivity index (χ0n) is 16.5. The van der Waals surface area contributed by atoms with Crippen molar-refractivity contribution in [3.05, 3.63) is 57.8 Å². The highest BCUT2D eigenvalue weighted by Gasteiger charge is 2.23. The van der Waals surface area contributed by atoms with E-state index in [2.05, 4.69) is 27.0 Å². The molecular weight excluding hydrogens is 430 g/mol. The van der Waals surface area contributed by atoms with Crippen LogP contribution in [0.15, 0.2) is 40.9 Å². The highest BCUT2D eigenvalue weighted by atomic mass is 79.9. The lowest BCUT2D eigenvalue weighted by Gasteiger charge is -2.23. The monoisotopic (exact) mass is 455 g/mol. The van der Waals surface area contributed by atoms with E-state index in [1.807, 2.05) is 18.2 Å². The molecule has 0 amide bonds. The zero-order chi connectivity index (χ0) is 20.2. The van der Waals surface area contributed by atoms with Crippen molar-refractivity contribution in [1.82, 2.24) is 4.98 Å². The third kappa shape index (κ3) is 4.72. The lowest BCUT2D eigenvalue weighted by atomic mass is 9.90. The molecule has 1 aromatic heterocycles. The van der Waals surface area contributed by atoms with Crippen molar-refractivity contribution in [2.45, 2.75) is 51.4 Å². The third-order valence-corrected chi connectivity index (χ3v) is 6.45. The lowest BCUT2D eigenvalue weighted by Crippen LogP contribution is -2.15. The summed E-state index contributed by atoms with van der Waals surface area (Å²) in [6.45, 7) is 0.768. The largest absolute Gasteiger partial charge is 0.493 e. The van der Waals surface area contributed by atoms with Gasteiger partial charge in [-0.25, -0.2) is 9.78 Å². The number of ether oxygens (including phenoxy) is 1. The first-order chi connectivity index (χ1) is 14.1. The minimum Gasteiger partial charge on any atom is -0.493 e. The molecule has 1 N–H and O–H groups in total. The second-order valence-corrected chi connectivity index (χ2v) is 8.90. The van der Waals surface area contributed by atoms with Crippen LogP contribution in [-0.2, 0) is 0 Å². The van der Waals surface area contributed by atoms with Crippen molar-refractivity contribution >= 4 is 33.0 Å². The summed E-state index contributed by atoms with van der Waals surface area (Å²) < 4.78 is 7.34. The number of aromatic carboxylic acids is 1. The van der Waals surface area contributed by atoms with Crippen LogP contribution in [0.3, 0.4) is 0 Å². The van der Waals surface area contributed by atoms with E-state index in [0.717, 1.165) is 52.9 Å². The molecule has 2 aliphatic carbocycles. The summed E-state index contributed by atoms with van der Waals surface area (Å²) in [6.07, 6.45) is 9.36. The summed E-state index contributed by atoms with van der Waals surface area (Å²) in [5.41, 5.74) is 4.30. The number of carboxylic acids is 1. The number of benzene rings is 1. The summed E-state index contributed by atoms with van der Waals surface area (Å²) in [7, 11) is 0. The van der Waals surface area contributed by atoms with E-state index in [9.17, 15) is 9.90 Å². The van der Waals surface area contributed by atoms with E-state index >= 15 is 0 Å². The molecule has 0 unspecified atom stereocenters. The Morgan fingerprint density at radius 1 is 1.07 bits per heavy atom. The van der Waals surface area contributed by atoms with Crippen LogP contribution in [0.2, 0.25) is 0 Å². The van der Waals surface area contributed by atoms with E-state index in [1.54, 1.807) is 12.1 Å². The van der Waals surface area contributed by atoms with Crippen molar-refractivity contribution in [3.63, 3.8) is 0 Å². The average molecular weight is 456 g/mol. The molecule has 2 aliphatic rings. The highest BCUT2D eigenvalue weighted by Crippen LogP contribution is 2.43. The van der Waals surface area contributed by atoms with Crippen LogP contribution in [-0.4, -0.2) is 22.7 Å². The van der Waals surface area contributed by atoms with E-state index in [4.69, 9.17) is 4.74 Å². The molecule has 1 heterocycles. The maximum Gasteiger partial charge on any atom is 0.354 e. The topological polar surface area (TPSA) is 59.4 Å². The molecule has 152 valence electrons. The molecule has 4 rings (SSSR count). The molecule has 5 heteroatoms. The summed E-state index contributed by atoms with van der Waals surface area (Å²) in [5.74, 6) is 0.569. The SMILES string of the molecule is O=C(O)c1cccc(C2=C(c3cc(Br)ccc3OCC3CCCCC3)CCC2)n1. The van der Waals surface area contributed by atoms with Gasteiger partial charge in [-0.15, -0.1) is 0 Å². The first kappa shape index (κ1) is 20.1. The third-order valence-electron chi connectivity index (χ3n) is 5.96. The molecular formula is C24H26BrNO3. The van der Waals surface area contributed by atoms with Crippen LogP contribution in [0.25, 0.3) is 11.1 Å². The number of pyridine rings is 1. The number of hydrogen-bond donors (Lipinski definition) is 1. The molecule has 0 saturated heterocycles. The normalized spacial score (nSPS) is 17.6. The number of allylic oxidation sites excluding steroid dienone is 2. The number of hydrogen-bond acceptors (Lipinski definition) is 3. The molecule has 0 atom stereocenters. The number of carboxylic acid groups (broad SMARTS) is 1. The Hall–Kier alpha value is -2.14. The molecule has 1 saturated carbocycles. The van der Waals surface area contributed by atoms with Gasteiger partial charge in [-0.05, 0) is 79.5 Å². The van der Waals surface area contributed by atoms with Gasteiger partial charge in [0.15, 0.2) is 0 Å². The van der Waals surface area contributed by atoms with E-state index < -0.39 is 5.97 Å². The van der Waals surface area contributed by atoms with Gasteiger partial charge in [-0.2, -0.15) is 0 Å². The van der Waals surface area contributed by atoms with Gasteiger partial charge in [0.25, 0.3) is 0 Å². The first-order valence-corrected chi connectivity index (χ1v) is 11.3. The van der Waals surface area contributed by atoms with Crippen LogP contribution in [0.4, 0.5) is 0 Å². The Kier molecular flexibility index (Phi) is 6.34. The quantitative estimate of drug-likeness (QED) is 0.532. The van der Waals surface area contributed by atoms with Crippen molar-refractivity contribution in [2.24, 2.45) is 5.92 Å². The van der Waals surface area contributed by atoms with E-state index in [0.29, 0.717) is 5.92 Å². The molecule has 0 bridgehead atoms. The molecule has 0 radical (unpaired) electrons. The molecule has 1 fully saturated rings. The van der Waals surface area contributed by atoms with Crippen molar-refractivity contribution in [3.8, 4) is 5.75 Å². The standard InChI is InChI=1S/C24H26BrNO3/c25-17-12-13-23(29-15-16-6-2-1-3-7-16)20(14-17)18-8-4-9-19(18)21-10-5-11-22(26-21)24(27)28/h5,10-14,16H,1-4,6-9,15H2,(H,27,28). The fourth-order valence-electron chi connectivity index (χ4n) is 4.47. The van der Waals surface area contributed by atoms with Crippen molar-refractivity contribution in [1.29, 1.82) is 0 Å². The van der Waals surface area contributed by atoms with Crippen LogP contribution < -0.4 is 4.74 Å². The molecule has 29 heavy (non-hydrogen) atoms. The number of rotatable bonds is 6. The van der Waals surface area contributed by atoms with Gasteiger partial charge >= 0.3 is 5.97 Å². The lowest BCUT2D eigenvalue weighted by molar-refractivity contribution is 0.0690. The van der Waals surface area contributed by atoms with E-state index in [-0.39, 0.29) is 5.69 Å². The molecule has 2 aromatic rings. The second kappa shape index (κ2) is 9.12. The van der Waals surface area contributed by atoms with Gasteiger partial charge in [0.2, 0.25) is 0 Å². The maximum atomic E-state index is 11.3. The van der Waals surface area contributed by atoms with Gasteiger partial charge in [0, 0.05) is 10.0 Å². The fourth-order valence-corrected chi connectivity index (χ4v) is 4.83. The predicted molar refractivity (Wildman–Crippen MR) is 118 cm³/mol. The van der Waals surface area contributed by atoms with Gasteiger partial charge < -0.3 is 9.84 Å². The predicted octanol–water partition coefficient (Wildman–Crippen LogP) is 6.60. The van der Waals surface area contributed by atoms with Crippen LogP contribution in [0, 0.1) is 5.92 Å². The smallest absolute Gasteiger partial charge is 0.354 e. The average Bonchev–Trinajstić information content (AvgIpc) is 3.23. The van der Waals surface area contributed by atoms with Gasteiger partial charge in [0.1, 0.15) is 11.4 Å². The van der Waals surface area contributed by atoms with Crippen molar-refractivity contribution < 1.29 is 14.6 Å². The fraction of sp³-hybridized carbons (Fsp3) is 0.417. The van der Waals surface area contributed by atoms with Crippen molar-refractivity contribution in [2.75, 3.05) is 6.61 Å². The first-order valence-electron chi connectivity index (χ1n) is 10.5. The Morgan fingerprint density at radius 2 is 1.86 bits per heavy atom. The van der Waals surface area contributed by atoms with Crippen LogP contribution >= 0.6 is 15.9 Å². The Balaban J connectivity index is 1.66. The Labute approximate surface area is 180 Å². The maximum absolute atomic E-state index is 11.3. The summed E-state index contributed by atoms with van der Waals surface area (Å²) in [5, 5.41) is 9.30. The second-order valence-electron chi connectivity index (χ2n) is 7.98. The molecule has 4 nitrogen and oxygen atoms in total. The number of halogens is 1. The minimum atomic E-state index is -0.994. The number of carbonyl (C=O) groups is 1. The highest BCUT2D eigenvalue weighted by molar-refractivity contribution is 9.10. The summed E-state index contributed by atoms with van der Waals surface area (Å²) in [4.78, 5) is 15.7. The minimum absolute atomic E-state index is 0.0873. The van der Waals surface area contributed by atoms with Crippen LogP contribution in [0.1, 0.15) is 73.1 Å². The summed E-state index contributed by atoms with van der Waals surface area (Å²) in [6, 6.07) is 11.4. The van der Waals surface area contributed by atoms with Gasteiger partial charge in [0.05, 0.1) is 12.3 Å². The number of nitrogens with zero attached hydrogens (tertiary/aromatic N) is 1. The summed E-state index contributed by atoms with van der Waals surface area (Å²) >= 11 is 3.61. The molecule has 1 aromatic carbocycles. The Bertz CT molecular complexity index is 931. The Morgan fingerprint density at radius 3 is 2.66 bits per heavy atom. The van der Waals surface area contributed by atoms with Gasteiger partial charge in [-0.1, -0.05) is 41.3 Å². The molecule has 0 spiro atoms. The molecule has 0 aliphatic heterocycles. The zero-order valence-corrected chi connectivity index (χ0v) is 18.1. The van der Waals surface area contributed by atoms with Crippen LogP contribution in [0.5, 0.6) is 5.75 Å². The van der Waals surface area contributed by atoms with Gasteiger partial charge in [-0.3, -0.25) is 0 Å². The number of aromatic nitrogens is 1. The van der Waals surface area contributed by atoms with E-state index in [1.165, 1.54) is 37.7 Å².